The van der Waals surface area contributed by atoms with Crippen molar-refractivity contribution in [3.63, 3.8) is 0 Å². The van der Waals surface area contributed by atoms with Gasteiger partial charge >= 0.3 is 0 Å². The number of aromatic nitrogens is 1. The summed E-state index contributed by atoms with van der Waals surface area (Å²) in [4.78, 5) is 4.15. The van der Waals surface area contributed by atoms with Gasteiger partial charge in [0.05, 0.1) is 30.1 Å². The molecule has 0 atom stereocenters. The summed E-state index contributed by atoms with van der Waals surface area (Å²) in [6.45, 7) is 1.84. The molecule has 13 heavy (non-hydrogen) atoms. The quantitative estimate of drug-likeness (QED) is 0.864. The maximum Gasteiger partial charge on any atom is 0.259 e. The molecule has 4 nitrogen and oxygen atoms in total. The number of nitrogen functional groups attached to an aromatic ring is 1. The van der Waals surface area contributed by atoms with E-state index in [-0.39, 0.29) is 0 Å². The van der Waals surface area contributed by atoms with Gasteiger partial charge < -0.3 is 15.2 Å². The van der Waals surface area contributed by atoms with Gasteiger partial charge in [-0.05, 0) is 22.9 Å². The average Bonchev–Trinajstić information content (AvgIpc) is 2.13. The molecule has 2 N–H and O–H groups in total. The number of anilines is 1. The number of methoxy groups -OCH3 is 2. The first-order valence-corrected chi connectivity index (χ1v) is 4.44. The van der Waals surface area contributed by atoms with Crippen LogP contribution in [-0.4, -0.2) is 19.2 Å². The lowest BCUT2D eigenvalue weighted by molar-refractivity contribution is 0.343. The number of aryl methyl sites for hydroxylation is 1. The first-order valence-electron chi connectivity index (χ1n) is 3.65. The van der Waals surface area contributed by atoms with Gasteiger partial charge in [0, 0.05) is 0 Å². The second-order valence-corrected chi connectivity index (χ2v) is 3.26. The molecule has 1 aromatic rings. The molecule has 0 amide bonds. The van der Waals surface area contributed by atoms with E-state index in [0.717, 1.165) is 10.2 Å². The van der Waals surface area contributed by atoms with Crippen molar-refractivity contribution in [3.05, 3.63) is 10.2 Å². The lowest BCUT2D eigenvalue weighted by Crippen LogP contribution is -2.01. The van der Waals surface area contributed by atoms with Crippen LogP contribution in [0.25, 0.3) is 0 Å². The van der Waals surface area contributed by atoms with Crippen molar-refractivity contribution in [1.29, 1.82) is 0 Å². The minimum Gasteiger partial charge on any atom is -0.490 e. The summed E-state index contributed by atoms with van der Waals surface area (Å²) in [7, 11) is 3.05. The zero-order valence-electron chi connectivity index (χ0n) is 7.72. The predicted molar refractivity (Wildman–Crippen MR) is 54.2 cm³/mol. The van der Waals surface area contributed by atoms with Gasteiger partial charge in [0.25, 0.3) is 5.88 Å². The highest BCUT2D eigenvalue weighted by Crippen LogP contribution is 2.37. The summed E-state index contributed by atoms with van der Waals surface area (Å²) >= 11 is 3.31. The monoisotopic (exact) mass is 246 g/mol. The third kappa shape index (κ3) is 1.70. The first-order chi connectivity index (χ1) is 6.11. The fraction of sp³-hybridized carbons (Fsp3) is 0.375. The average molecular weight is 247 g/mol. The third-order valence-corrected chi connectivity index (χ3v) is 2.66. The predicted octanol–water partition coefficient (Wildman–Crippen LogP) is 1.75. The van der Waals surface area contributed by atoms with Gasteiger partial charge in [-0.25, -0.2) is 4.98 Å². The number of rotatable bonds is 2. The largest absolute Gasteiger partial charge is 0.490 e. The van der Waals surface area contributed by atoms with Crippen LogP contribution in [0.5, 0.6) is 11.6 Å². The fourth-order valence-electron chi connectivity index (χ4n) is 0.998. The van der Waals surface area contributed by atoms with Crippen molar-refractivity contribution in [2.75, 3.05) is 20.0 Å². The smallest absolute Gasteiger partial charge is 0.259 e. The van der Waals surface area contributed by atoms with Crippen molar-refractivity contribution in [3.8, 4) is 11.6 Å². The number of nitrogens with zero attached hydrogens (tertiary/aromatic N) is 1. The molecule has 0 spiro atoms. The molecule has 0 saturated carbocycles. The number of hydrogen-bond acceptors (Lipinski definition) is 4. The van der Waals surface area contributed by atoms with Crippen LogP contribution < -0.4 is 15.2 Å². The number of ether oxygens (including phenoxy) is 2. The molecule has 5 heteroatoms. The Labute approximate surface area is 85.2 Å². The van der Waals surface area contributed by atoms with E-state index in [1.807, 2.05) is 6.92 Å². The zero-order valence-corrected chi connectivity index (χ0v) is 9.31. The van der Waals surface area contributed by atoms with Crippen molar-refractivity contribution in [2.45, 2.75) is 6.92 Å². The fourth-order valence-corrected chi connectivity index (χ4v) is 1.27. The number of nitrogens with two attached hydrogens (primary N) is 1. The molecule has 0 saturated heterocycles. The zero-order chi connectivity index (χ0) is 10.0. The molecule has 0 aliphatic rings. The Morgan fingerprint density at radius 1 is 1.31 bits per heavy atom. The van der Waals surface area contributed by atoms with Crippen LogP contribution in [-0.2, 0) is 0 Å². The van der Waals surface area contributed by atoms with E-state index < -0.39 is 0 Å². The summed E-state index contributed by atoms with van der Waals surface area (Å²) in [5, 5.41) is 0. The molecule has 1 heterocycles. The summed E-state index contributed by atoms with van der Waals surface area (Å²) in [5.74, 6) is 0.862. The van der Waals surface area contributed by atoms with Crippen LogP contribution in [0.3, 0.4) is 0 Å². The second kappa shape index (κ2) is 3.83. The molecular formula is C8H11BrN2O2. The summed E-state index contributed by atoms with van der Waals surface area (Å²) < 4.78 is 10.8. The van der Waals surface area contributed by atoms with Crippen LogP contribution in [0.15, 0.2) is 4.47 Å². The van der Waals surface area contributed by atoms with E-state index in [0.29, 0.717) is 17.3 Å². The number of pyridine rings is 1. The Morgan fingerprint density at radius 2 is 1.92 bits per heavy atom. The summed E-state index contributed by atoms with van der Waals surface area (Å²) in [6, 6.07) is 0. The van der Waals surface area contributed by atoms with E-state index >= 15 is 0 Å². The van der Waals surface area contributed by atoms with Crippen LogP contribution >= 0.6 is 15.9 Å². The minimum atomic E-state index is 0.403. The van der Waals surface area contributed by atoms with E-state index in [2.05, 4.69) is 20.9 Å². The summed E-state index contributed by atoms with van der Waals surface area (Å²) in [5.41, 5.74) is 7.06. The molecule has 0 bridgehead atoms. The molecule has 0 radical (unpaired) electrons. The van der Waals surface area contributed by atoms with Gasteiger partial charge in [0.2, 0.25) is 5.75 Å². The maximum atomic E-state index is 5.78. The van der Waals surface area contributed by atoms with E-state index in [4.69, 9.17) is 15.2 Å². The Balaban J connectivity index is 3.39. The van der Waals surface area contributed by atoms with Gasteiger partial charge in [-0.3, -0.25) is 0 Å². The van der Waals surface area contributed by atoms with Crippen molar-refractivity contribution < 1.29 is 9.47 Å². The van der Waals surface area contributed by atoms with Crippen LogP contribution in [0.2, 0.25) is 0 Å². The second-order valence-electron chi connectivity index (χ2n) is 2.47. The van der Waals surface area contributed by atoms with Gasteiger partial charge in [0.15, 0.2) is 0 Å². The highest BCUT2D eigenvalue weighted by atomic mass is 79.9. The molecule has 0 fully saturated rings. The molecule has 72 valence electrons. The Morgan fingerprint density at radius 3 is 2.38 bits per heavy atom. The maximum absolute atomic E-state index is 5.78. The van der Waals surface area contributed by atoms with Crippen LogP contribution in [0.1, 0.15) is 5.69 Å². The van der Waals surface area contributed by atoms with Gasteiger partial charge in [-0.15, -0.1) is 0 Å². The van der Waals surface area contributed by atoms with E-state index in [1.54, 1.807) is 0 Å². The van der Waals surface area contributed by atoms with Crippen LogP contribution in [0, 0.1) is 6.92 Å². The topological polar surface area (TPSA) is 57.4 Å². The number of halogens is 1. The van der Waals surface area contributed by atoms with Crippen LogP contribution in [0.4, 0.5) is 5.69 Å². The third-order valence-electron chi connectivity index (χ3n) is 1.66. The van der Waals surface area contributed by atoms with Gasteiger partial charge in [-0.1, -0.05) is 0 Å². The molecular weight excluding hydrogens is 236 g/mol. The first kappa shape index (κ1) is 10.1. The van der Waals surface area contributed by atoms with Crippen molar-refractivity contribution in [1.82, 2.24) is 4.98 Å². The molecule has 1 rings (SSSR count). The summed E-state index contributed by atoms with van der Waals surface area (Å²) in [6.07, 6.45) is 0. The molecule has 0 aliphatic carbocycles. The Hall–Kier alpha value is -0.970. The number of hydrogen-bond donors (Lipinski definition) is 1. The molecule has 0 aliphatic heterocycles. The van der Waals surface area contributed by atoms with Gasteiger partial charge in [-0.2, -0.15) is 0 Å². The Bertz CT molecular complexity index is 328. The normalized spacial score (nSPS) is 9.85. The van der Waals surface area contributed by atoms with Gasteiger partial charge in [0.1, 0.15) is 0 Å². The Kier molecular flexibility index (Phi) is 2.98. The molecule has 0 aromatic carbocycles. The lowest BCUT2D eigenvalue weighted by Gasteiger charge is -2.11. The van der Waals surface area contributed by atoms with Crippen molar-refractivity contribution >= 4 is 21.6 Å². The standard InChI is InChI=1S/C8H11BrN2O2/c1-4-5(9)6(10)7(12-2)8(11-4)13-3/h1-3H3,(H2,10,11). The highest BCUT2D eigenvalue weighted by molar-refractivity contribution is 9.10. The van der Waals surface area contributed by atoms with E-state index in [1.165, 1.54) is 14.2 Å². The minimum absolute atomic E-state index is 0.403. The highest BCUT2D eigenvalue weighted by Gasteiger charge is 2.14. The van der Waals surface area contributed by atoms with Crippen molar-refractivity contribution in [2.24, 2.45) is 0 Å². The molecule has 1 aromatic heterocycles. The SMILES string of the molecule is COc1nc(C)c(Br)c(N)c1OC. The lowest BCUT2D eigenvalue weighted by atomic mass is 10.3. The molecule has 0 unspecified atom stereocenters. The van der Waals surface area contributed by atoms with E-state index in [9.17, 15) is 0 Å².